The standard InChI is InChI=1S/C44H35N/c1-44(2)37-23-13-11-21-35(37)39(31-27-25-30(26-28-31)29-15-5-3-6-16-29)40-33-19-9-10-20-34(33)43-41(42(40)44)36-22-12-14-24-38(36)45(43)32-17-7-4-8-18-32/h3-13,15-23,25-28,39H,14,24H2,1-2H3. The molecule has 1 atom stereocenters. The summed E-state index contributed by atoms with van der Waals surface area (Å²) in [4.78, 5) is 0. The summed E-state index contributed by atoms with van der Waals surface area (Å²) in [5, 5.41) is 4.11. The van der Waals surface area contributed by atoms with Crippen LogP contribution in [-0.4, -0.2) is 4.57 Å². The monoisotopic (exact) mass is 577 g/mol. The van der Waals surface area contributed by atoms with E-state index in [0.29, 0.717) is 0 Å². The lowest BCUT2D eigenvalue weighted by atomic mass is 9.61. The Bertz CT molecular complexity index is 2260. The maximum Gasteiger partial charge on any atom is 0.0619 e. The summed E-state index contributed by atoms with van der Waals surface area (Å²) in [5.74, 6) is 0.131. The normalized spacial score (nSPS) is 16.4. The number of hydrogen-bond donors (Lipinski definition) is 0. The average Bonchev–Trinajstić information content (AvgIpc) is 3.44. The lowest BCUT2D eigenvalue weighted by Crippen LogP contribution is -2.30. The van der Waals surface area contributed by atoms with Gasteiger partial charge in [0.1, 0.15) is 0 Å². The number of aromatic nitrogens is 1. The number of nitrogens with zero attached hydrogens (tertiary/aromatic N) is 1. The Hall–Kier alpha value is -5.14. The highest BCUT2D eigenvalue weighted by Gasteiger charge is 2.42. The molecule has 1 heterocycles. The van der Waals surface area contributed by atoms with Crippen LogP contribution in [0.25, 0.3) is 44.6 Å². The van der Waals surface area contributed by atoms with E-state index in [9.17, 15) is 0 Å². The van der Waals surface area contributed by atoms with E-state index in [-0.39, 0.29) is 11.3 Å². The second-order valence-corrected chi connectivity index (χ2v) is 13.2. The molecule has 1 nitrogen and oxygen atoms in total. The van der Waals surface area contributed by atoms with E-state index in [1.165, 1.54) is 77.6 Å². The summed E-state index contributed by atoms with van der Waals surface area (Å²) in [7, 11) is 0. The van der Waals surface area contributed by atoms with Gasteiger partial charge in [-0.3, -0.25) is 0 Å². The Morgan fingerprint density at radius 3 is 2.07 bits per heavy atom. The maximum absolute atomic E-state index is 2.58. The number of benzene rings is 6. The van der Waals surface area contributed by atoms with Crippen molar-refractivity contribution >= 4 is 27.8 Å². The Labute approximate surface area is 265 Å². The van der Waals surface area contributed by atoms with Crippen LogP contribution in [0.1, 0.15) is 65.3 Å². The molecule has 0 spiro atoms. The molecule has 45 heavy (non-hydrogen) atoms. The van der Waals surface area contributed by atoms with Crippen LogP contribution in [0.3, 0.4) is 0 Å². The van der Waals surface area contributed by atoms with Crippen molar-refractivity contribution in [1.82, 2.24) is 4.57 Å². The maximum atomic E-state index is 2.58. The zero-order valence-corrected chi connectivity index (χ0v) is 25.8. The summed E-state index contributed by atoms with van der Waals surface area (Å²) in [6, 6.07) is 49.4. The topological polar surface area (TPSA) is 4.93 Å². The number of allylic oxidation sites excluding steroid dienone is 1. The Balaban J connectivity index is 1.43. The van der Waals surface area contributed by atoms with Crippen molar-refractivity contribution in [2.24, 2.45) is 0 Å². The first-order valence-corrected chi connectivity index (χ1v) is 16.2. The smallest absolute Gasteiger partial charge is 0.0619 e. The highest BCUT2D eigenvalue weighted by molar-refractivity contribution is 6.15. The van der Waals surface area contributed by atoms with Crippen molar-refractivity contribution in [1.29, 1.82) is 0 Å². The molecule has 0 radical (unpaired) electrons. The quantitative estimate of drug-likeness (QED) is 0.197. The highest BCUT2D eigenvalue weighted by Crippen LogP contribution is 2.56. The van der Waals surface area contributed by atoms with Gasteiger partial charge in [-0.2, -0.15) is 0 Å². The molecule has 0 fully saturated rings. The molecule has 0 aliphatic heterocycles. The summed E-state index contributed by atoms with van der Waals surface area (Å²) < 4.78 is 2.58. The lowest BCUT2D eigenvalue weighted by Gasteiger charge is -2.41. The van der Waals surface area contributed by atoms with Crippen molar-refractivity contribution in [3.05, 3.63) is 179 Å². The first kappa shape index (κ1) is 26.3. The van der Waals surface area contributed by atoms with Crippen molar-refractivity contribution < 1.29 is 0 Å². The Morgan fingerprint density at radius 1 is 0.644 bits per heavy atom. The van der Waals surface area contributed by atoms with Gasteiger partial charge < -0.3 is 4.57 Å². The molecule has 0 saturated carbocycles. The third kappa shape index (κ3) is 3.80. The molecule has 9 rings (SSSR count). The molecular weight excluding hydrogens is 542 g/mol. The molecule has 0 amide bonds. The molecule has 6 aromatic carbocycles. The number of hydrogen-bond acceptors (Lipinski definition) is 0. The van der Waals surface area contributed by atoms with E-state index in [2.05, 4.69) is 164 Å². The molecule has 0 saturated heterocycles. The van der Waals surface area contributed by atoms with Crippen LogP contribution in [-0.2, 0) is 11.8 Å². The van der Waals surface area contributed by atoms with Crippen LogP contribution in [0.4, 0.5) is 0 Å². The summed E-state index contributed by atoms with van der Waals surface area (Å²) in [6.45, 7) is 4.90. The fourth-order valence-corrected chi connectivity index (χ4v) is 8.45. The second-order valence-electron chi connectivity index (χ2n) is 13.2. The SMILES string of the molecule is CC1(C)c2ccccc2C(c2ccc(-c3ccccc3)cc2)c2c1c1c3c(n(-c4ccccc4)c1c1ccccc21)CCC=C3. The predicted molar refractivity (Wildman–Crippen MR) is 190 cm³/mol. The first-order valence-electron chi connectivity index (χ1n) is 16.2. The van der Waals surface area contributed by atoms with E-state index in [1.54, 1.807) is 0 Å². The highest BCUT2D eigenvalue weighted by atomic mass is 15.0. The molecule has 0 bridgehead atoms. The third-order valence-corrected chi connectivity index (χ3v) is 10.4. The van der Waals surface area contributed by atoms with Crippen LogP contribution >= 0.6 is 0 Å². The molecule has 7 aromatic rings. The summed E-state index contributed by atoms with van der Waals surface area (Å²) in [5.41, 5.74) is 14.8. The number of rotatable bonds is 3. The molecule has 2 aliphatic rings. The van der Waals surface area contributed by atoms with E-state index in [4.69, 9.17) is 0 Å². The summed E-state index contributed by atoms with van der Waals surface area (Å²) >= 11 is 0. The second kappa shape index (κ2) is 9.94. The van der Waals surface area contributed by atoms with E-state index < -0.39 is 0 Å². The van der Waals surface area contributed by atoms with Crippen LogP contribution in [0.15, 0.2) is 140 Å². The van der Waals surface area contributed by atoms with Gasteiger partial charge >= 0.3 is 0 Å². The fourth-order valence-electron chi connectivity index (χ4n) is 8.45. The predicted octanol–water partition coefficient (Wildman–Crippen LogP) is 11.2. The molecular formula is C44H35N. The van der Waals surface area contributed by atoms with Crippen molar-refractivity contribution in [3.8, 4) is 16.8 Å². The van der Waals surface area contributed by atoms with Gasteiger partial charge in [0.2, 0.25) is 0 Å². The Morgan fingerprint density at radius 2 is 1.29 bits per heavy atom. The van der Waals surface area contributed by atoms with Gasteiger partial charge in [0.25, 0.3) is 0 Å². The van der Waals surface area contributed by atoms with Crippen LogP contribution in [0.5, 0.6) is 0 Å². The lowest BCUT2D eigenvalue weighted by molar-refractivity contribution is 0.606. The number of fused-ring (bicyclic) bond motifs is 9. The minimum atomic E-state index is -0.184. The van der Waals surface area contributed by atoms with Gasteiger partial charge in [0.15, 0.2) is 0 Å². The average molecular weight is 578 g/mol. The summed E-state index contributed by atoms with van der Waals surface area (Å²) in [6.07, 6.45) is 6.90. The van der Waals surface area contributed by atoms with E-state index >= 15 is 0 Å². The molecule has 1 heteroatoms. The largest absolute Gasteiger partial charge is 0.312 e. The van der Waals surface area contributed by atoms with Gasteiger partial charge in [-0.05, 0) is 69.3 Å². The molecule has 0 N–H and O–H groups in total. The Kier molecular flexibility index (Phi) is 5.80. The van der Waals surface area contributed by atoms with Crippen molar-refractivity contribution in [3.63, 3.8) is 0 Å². The molecule has 216 valence electrons. The van der Waals surface area contributed by atoms with Crippen LogP contribution in [0.2, 0.25) is 0 Å². The zero-order chi connectivity index (χ0) is 30.1. The van der Waals surface area contributed by atoms with Gasteiger partial charge in [-0.25, -0.2) is 0 Å². The fraction of sp³-hybridized carbons (Fsp3) is 0.136. The van der Waals surface area contributed by atoms with Gasteiger partial charge in [0, 0.05) is 39.1 Å². The third-order valence-electron chi connectivity index (χ3n) is 10.4. The minimum absolute atomic E-state index is 0.131. The van der Waals surface area contributed by atoms with Gasteiger partial charge in [0.05, 0.1) is 5.52 Å². The minimum Gasteiger partial charge on any atom is -0.312 e. The van der Waals surface area contributed by atoms with Crippen LogP contribution < -0.4 is 0 Å². The van der Waals surface area contributed by atoms with E-state index in [0.717, 1.165) is 12.8 Å². The molecule has 1 unspecified atom stereocenters. The van der Waals surface area contributed by atoms with E-state index in [1.807, 2.05) is 0 Å². The number of para-hydroxylation sites is 1. The molecule has 2 aliphatic carbocycles. The van der Waals surface area contributed by atoms with Crippen molar-refractivity contribution in [2.45, 2.75) is 38.0 Å². The first-order chi connectivity index (χ1) is 22.1. The van der Waals surface area contributed by atoms with Gasteiger partial charge in [-0.1, -0.05) is 147 Å². The zero-order valence-electron chi connectivity index (χ0n) is 25.8. The molecule has 1 aromatic heterocycles. The van der Waals surface area contributed by atoms with Crippen LogP contribution in [0, 0.1) is 0 Å². The van der Waals surface area contributed by atoms with Crippen molar-refractivity contribution in [2.75, 3.05) is 0 Å². The van der Waals surface area contributed by atoms with Gasteiger partial charge in [-0.15, -0.1) is 0 Å².